The number of benzene rings is 1. The zero-order valence-electron chi connectivity index (χ0n) is 8.53. The predicted octanol–water partition coefficient (Wildman–Crippen LogP) is 1.09. The van der Waals surface area contributed by atoms with Gasteiger partial charge in [-0.2, -0.15) is 0 Å². The lowest BCUT2D eigenvalue weighted by molar-refractivity contribution is 0.0290. The Morgan fingerprint density at radius 2 is 2.27 bits per heavy atom. The Balaban J connectivity index is 2.08. The summed E-state index contributed by atoms with van der Waals surface area (Å²) in [5.74, 6) is -0.263. The van der Waals surface area contributed by atoms with Gasteiger partial charge in [0.25, 0.3) is 0 Å². The molecule has 1 atom stereocenters. The Labute approximate surface area is 88.2 Å². The Hall–Kier alpha value is -1.39. The minimum Gasteiger partial charge on any atom is -0.439 e. The lowest BCUT2D eigenvalue weighted by atomic mass is 10.1. The monoisotopic (exact) mass is 207 g/mol. The van der Waals surface area contributed by atoms with Crippen LogP contribution < -0.4 is 5.32 Å². The van der Waals surface area contributed by atoms with E-state index in [1.165, 1.54) is 0 Å². The zero-order chi connectivity index (χ0) is 10.7. The molecule has 1 aromatic carbocycles. The summed E-state index contributed by atoms with van der Waals surface area (Å²) in [7, 11) is 1.64. The Morgan fingerprint density at radius 3 is 3.07 bits per heavy atom. The van der Waals surface area contributed by atoms with Crippen molar-refractivity contribution in [2.45, 2.75) is 6.23 Å². The smallest absolute Gasteiger partial charge is 0.340 e. The van der Waals surface area contributed by atoms with Gasteiger partial charge in [0.1, 0.15) is 0 Å². The van der Waals surface area contributed by atoms with Crippen molar-refractivity contribution in [3.8, 4) is 0 Å². The van der Waals surface area contributed by atoms with E-state index in [1.807, 2.05) is 18.2 Å². The topological polar surface area (TPSA) is 47.6 Å². The van der Waals surface area contributed by atoms with E-state index < -0.39 is 0 Å². The molecule has 1 N–H and O–H groups in total. The summed E-state index contributed by atoms with van der Waals surface area (Å²) in [4.78, 5) is 11.4. The minimum absolute atomic E-state index is 0.263. The molecule has 1 aliphatic heterocycles. The number of hydrogen-bond donors (Lipinski definition) is 1. The molecule has 0 saturated heterocycles. The molecule has 0 aromatic heterocycles. The predicted molar refractivity (Wildman–Crippen MR) is 54.5 cm³/mol. The molecule has 80 valence electrons. The van der Waals surface area contributed by atoms with Crippen LogP contribution in [0.1, 0.15) is 22.1 Å². The lowest BCUT2D eigenvalue weighted by Gasteiger charge is -2.11. The SMILES string of the molecule is COCCNC1OC(=O)c2ccccc21. The first-order chi connectivity index (χ1) is 7.33. The maximum absolute atomic E-state index is 11.4. The number of carbonyl (C=O) groups is 1. The molecule has 4 nitrogen and oxygen atoms in total. The Bertz CT molecular complexity index is 365. The second-order valence-corrected chi connectivity index (χ2v) is 3.32. The number of methoxy groups -OCH3 is 1. The number of hydrogen-bond acceptors (Lipinski definition) is 4. The van der Waals surface area contributed by atoms with E-state index >= 15 is 0 Å². The lowest BCUT2D eigenvalue weighted by Crippen LogP contribution is -2.24. The summed E-state index contributed by atoms with van der Waals surface area (Å²) >= 11 is 0. The molecule has 4 heteroatoms. The van der Waals surface area contributed by atoms with Crippen LogP contribution >= 0.6 is 0 Å². The standard InChI is InChI=1S/C11H13NO3/c1-14-7-6-12-10-8-4-2-3-5-9(8)11(13)15-10/h2-5,10,12H,6-7H2,1H3. The molecule has 0 fully saturated rings. The average molecular weight is 207 g/mol. The fourth-order valence-electron chi connectivity index (χ4n) is 1.59. The van der Waals surface area contributed by atoms with Gasteiger partial charge in [0.2, 0.25) is 0 Å². The van der Waals surface area contributed by atoms with E-state index in [0.29, 0.717) is 18.7 Å². The quantitative estimate of drug-likeness (QED) is 0.593. The molecule has 1 unspecified atom stereocenters. The molecule has 1 aliphatic rings. The van der Waals surface area contributed by atoms with Gasteiger partial charge in [0, 0.05) is 19.2 Å². The first-order valence-electron chi connectivity index (χ1n) is 4.85. The number of rotatable bonds is 4. The van der Waals surface area contributed by atoms with Gasteiger partial charge in [-0.15, -0.1) is 0 Å². The van der Waals surface area contributed by atoms with Crippen LogP contribution in [-0.4, -0.2) is 26.2 Å². The van der Waals surface area contributed by atoms with Gasteiger partial charge in [0.05, 0.1) is 12.2 Å². The molecule has 0 amide bonds. The zero-order valence-corrected chi connectivity index (χ0v) is 8.53. The highest BCUT2D eigenvalue weighted by Crippen LogP contribution is 2.27. The molecule has 0 radical (unpaired) electrons. The van der Waals surface area contributed by atoms with Crippen LogP contribution in [0.5, 0.6) is 0 Å². The second kappa shape index (κ2) is 4.42. The Kier molecular flexibility index (Phi) is 2.99. The van der Waals surface area contributed by atoms with Gasteiger partial charge < -0.3 is 9.47 Å². The molecule has 0 bridgehead atoms. The fourth-order valence-corrected chi connectivity index (χ4v) is 1.59. The van der Waals surface area contributed by atoms with E-state index in [9.17, 15) is 4.79 Å². The van der Waals surface area contributed by atoms with Crippen molar-refractivity contribution >= 4 is 5.97 Å². The molecule has 0 saturated carbocycles. The van der Waals surface area contributed by atoms with Crippen LogP contribution in [0.25, 0.3) is 0 Å². The van der Waals surface area contributed by atoms with Crippen molar-refractivity contribution in [3.05, 3.63) is 35.4 Å². The number of ether oxygens (including phenoxy) is 2. The van der Waals surface area contributed by atoms with E-state index in [-0.39, 0.29) is 12.2 Å². The Morgan fingerprint density at radius 1 is 1.47 bits per heavy atom. The molecule has 1 heterocycles. The third kappa shape index (κ3) is 2.00. The van der Waals surface area contributed by atoms with E-state index in [4.69, 9.17) is 9.47 Å². The van der Waals surface area contributed by atoms with Gasteiger partial charge in [-0.05, 0) is 6.07 Å². The molecular formula is C11H13NO3. The maximum atomic E-state index is 11.4. The third-order valence-corrected chi connectivity index (χ3v) is 2.32. The van der Waals surface area contributed by atoms with Gasteiger partial charge in [-0.3, -0.25) is 5.32 Å². The van der Waals surface area contributed by atoms with E-state index in [0.717, 1.165) is 5.56 Å². The highest BCUT2D eigenvalue weighted by Gasteiger charge is 2.29. The van der Waals surface area contributed by atoms with Crippen molar-refractivity contribution in [1.82, 2.24) is 5.32 Å². The summed E-state index contributed by atoms with van der Waals surface area (Å²) in [6.45, 7) is 1.25. The molecule has 15 heavy (non-hydrogen) atoms. The normalized spacial score (nSPS) is 18.7. The highest BCUT2D eigenvalue weighted by atomic mass is 16.6. The van der Waals surface area contributed by atoms with Crippen molar-refractivity contribution in [2.75, 3.05) is 20.3 Å². The summed E-state index contributed by atoms with van der Waals surface area (Å²) in [5, 5.41) is 3.10. The number of nitrogens with one attached hydrogen (secondary N) is 1. The highest BCUT2D eigenvalue weighted by molar-refractivity contribution is 5.93. The van der Waals surface area contributed by atoms with E-state index in [1.54, 1.807) is 13.2 Å². The van der Waals surface area contributed by atoms with Crippen molar-refractivity contribution in [3.63, 3.8) is 0 Å². The summed E-state index contributed by atoms with van der Waals surface area (Å²) in [5.41, 5.74) is 1.55. The van der Waals surface area contributed by atoms with Crippen molar-refractivity contribution in [1.29, 1.82) is 0 Å². The van der Waals surface area contributed by atoms with Gasteiger partial charge in [-0.25, -0.2) is 4.79 Å². The summed E-state index contributed by atoms with van der Waals surface area (Å²) < 4.78 is 10.1. The van der Waals surface area contributed by atoms with Crippen LogP contribution in [0, 0.1) is 0 Å². The molecule has 2 rings (SSSR count). The molecule has 0 spiro atoms. The largest absolute Gasteiger partial charge is 0.439 e. The van der Waals surface area contributed by atoms with Crippen LogP contribution in [0.3, 0.4) is 0 Å². The second-order valence-electron chi connectivity index (χ2n) is 3.32. The van der Waals surface area contributed by atoms with E-state index in [2.05, 4.69) is 5.32 Å². The summed E-state index contributed by atoms with van der Waals surface area (Å²) in [6.07, 6.45) is -0.330. The molecular weight excluding hydrogens is 194 g/mol. The van der Waals surface area contributed by atoms with Crippen LogP contribution in [0.2, 0.25) is 0 Å². The third-order valence-electron chi connectivity index (χ3n) is 2.32. The van der Waals surface area contributed by atoms with Gasteiger partial charge >= 0.3 is 5.97 Å². The first-order valence-corrected chi connectivity index (χ1v) is 4.85. The van der Waals surface area contributed by atoms with Gasteiger partial charge in [-0.1, -0.05) is 18.2 Å². The van der Waals surface area contributed by atoms with Gasteiger partial charge in [0.15, 0.2) is 6.23 Å². The number of cyclic esters (lactones) is 1. The minimum atomic E-state index is -0.330. The summed E-state index contributed by atoms with van der Waals surface area (Å²) in [6, 6.07) is 7.39. The first kappa shape index (κ1) is 10.1. The van der Waals surface area contributed by atoms with Crippen LogP contribution in [0.15, 0.2) is 24.3 Å². The number of fused-ring (bicyclic) bond motifs is 1. The fraction of sp³-hybridized carbons (Fsp3) is 0.364. The molecule has 0 aliphatic carbocycles. The molecule has 1 aromatic rings. The van der Waals surface area contributed by atoms with Crippen LogP contribution in [-0.2, 0) is 9.47 Å². The number of carbonyl (C=O) groups excluding carboxylic acids is 1. The van der Waals surface area contributed by atoms with Crippen molar-refractivity contribution in [2.24, 2.45) is 0 Å². The average Bonchev–Trinajstić information content (AvgIpc) is 2.58. The van der Waals surface area contributed by atoms with Crippen molar-refractivity contribution < 1.29 is 14.3 Å². The number of esters is 1. The maximum Gasteiger partial charge on any atom is 0.340 e. The van der Waals surface area contributed by atoms with Crippen LogP contribution in [0.4, 0.5) is 0 Å².